The van der Waals surface area contributed by atoms with Gasteiger partial charge in [-0.15, -0.1) is 0 Å². The Morgan fingerprint density at radius 1 is 1.05 bits per heavy atom. The van der Waals surface area contributed by atoms with Gasteiger partial charge in [0.2, 0.25) is 0 Å². The van der Waals surface area contributed by atoms with Gasteiger partial charge in [0.05, 0.1) is 0 Å². The van der Waals surface area contributed by atoms with Crippen LogP contribution in [0.1, 0.15) is 56.9 Å². The zero-order valence-electron chi connectivity index (χ0n) is 14.5. The largest absolute Gasteiger partial charge is 0.307 e. The molecule has 0 saturated heterocycles. The second-order valence-corrected chi connectivity index (χ2v) is 8.87. The van der Waals surface area contributed by atoms with Gasteiger partial charge in [-0.05, 0) is 94.2 Å². The van der Waals surface area contributed by atoms with Crippen molar-refractivity contribution in [2.75, 3.05) is 14.1 Å². The van der Waals surface area contributed by atoms with Crippen LogP contribution in [0.5, 0.6) is 0 Å². The zero-order chi connectivity index (χ0) is 15.3. The topological polar surface area (TPSA) is 3.24 Å². The van der Waals surface area contributed by atoms with Crippen LogP contribution in [-0.2, 0) is 0 Å². The Labute approximate surface area is 136 Å². The van der Waals surface area contributed by atoms with Crippen molar-refractivity contribution in [3.63, 3.8) is 0 Å². The smallest absolute Gasteiger partial charge is 0.00663 e. The Kier molecular flexibility index (Phi) is 3.60. The van der Waals surface area contributed by atoms with Gasteiger partial charge in [-0.1, -0.05) is 30.3 Å². The quantitative estimate of drug-likeness (QED) is 0.761. The Hall–Kier alpha value is -0.820. The Morgan fingerprint density at radius 3 is 2.27 bits per heavy atom. The van der Waals surface area contributed by atoms with Gasteiger partial charge in [-0.2, -0.15) is 0 Å². The van der Waals surface area contributed by atoms with Crippen molar-refractivity contribution in [3.8, 4) is 0 Å². The van der Waals surface area contributed by atoms with Gasteiger partial charge in [0.1, 0.15) is 0 Å². The second kappa shape index (κ2) is 5.37. The molecule has 1 nitrogen and oxygen atoms in total. The van der Waals surface area contributed by atoms with Gasteiger partial charge in [0, 0.05) is 6.04 Å². The molecule has 4 bridgehead atoms. The molecule has 1 aromatic rings. The van der Waals surface area contributed by atoms with Crippen molar-refractivity contribution in [2.45, 2.75) is 57.4 Å². The van der Waals surface area contributed by atoms with E-state index in [2.05, 4.69) is 56.3 Å². The summed E-state index contributed by atoms with van der Waals surface area (Å²) in [5, 5.41) is 0. The standard InChI is InChI=1S/C21H31N/c1-15(22(2)3)12-21-13-16-9-17(14-21)11-19(10-16)20(21)18-7-5-4-6-8-18/h4-8,15-17,19-20H,9-14H2,1-3H3. The van der Waals surface area contributed by atoms with Gasteiger partial charge in [0.15, 0.2) is 0 Å². The first-order chi connectivity index (χ1) is 10.6. The molecule has 0 aromatic heterocycles. The number of nitrogens with zero attached hydrogens (tertiary/aromatic N) is 1. The van der Waals surface area contributed by atoms with Crippen LogP contribution in [0.25, 0.3) is 0 Å². The van der Waals surface area contributed by atoms with E-state index in [0.29, 0.717) is 11.5 Å². The maximum Gasteiger partial charge on any atom is 0.00663 e. The summed E-state index contributed by atoms with van der Waals surface area (Å²) < 4.78 is 0. The fraction of sp³-hybridized carbons (Fsp3) is 0.714. The Balaban J connectivity index is 1.71. The van der Waals surface area contributed by atoms with Crippen molar-refractivity contribution in [3.05, 3.63) is 35.9 Å². The van der Waals surface area contributed by atoms with E-state index in [9.17, 15) is 0 Å². The summed E-state index contributed by atoms with van der Waals surface area (Å²) in [6, 6.07) is 12.2. The molecule has 1 heteroatoms. The molecular weight excluding hydrogens is 266 g/mol. The van der Waals surface area contributed by atoms with Crippen LogP contribution < -0.4 is 0 Å². The number of hydrogen-bond acceptors (Lipinski definition) is 1. The monoisotopic (exact) mass is 297 g/mol. The lowest BCUT2D eigenvalue weighted by Crippen LogP contribution is -2.53. The molecule has 4 fully saturated rings. The molecule has 4 aliphatic rings. The predicted octanol–water partition coefficient (Wildman–Crippen LogP) is 4.94. The van der Waals surface area contributed by atoms with Crippen LogP contribution in [0, 0.1) is 23.2 Å². The van der Waals surface area contributed by atoms with Gasteiger partial charge in [-0.3, -0.25) is 0 Å². The first-order valence-corrected chi connectivity index (χ1v) is 9.29. The first kappa shape index (κ1) is 14.8. The van der Waals surface area contributed by atoms with E-state index in [-0.39, 0.29) is 0 Å². The van der Waals surface area contributed by atoms with E-state index in [1.54, 1.807) is 5.56 Å². The van der Waals surface area contributed by atoms with Gasteiger partial charge in [0.25, 0.3) is 0 Å². The normalized spacial score (nSPS) is 41.1. The highest BCUT2D eigenvalue weighted by Gasteiger charge is 2.57. The molecule has 4 unspecified atom stereocenters. The second-order valence-electron chi connectivity index (χ2n) is 8.87. The molecule has 120 valence electrons. The third-order valence-corrected chi connectivity index (χ3v) is 7.20. The van der Waals surface area contributed by atoms with E-state index in [4.69, 9.17) is 0 Å². The minimum Gasteiger partial charge on any atom is -0.307 e. The van der Waals surface area contributed by atoms with Crippen molar-refractivity contribution < 1.29 is 0 Å². The van der Waals surface area contributed by atoms with E-state index < -0.39 is 0 Å². The molecule has 0 heterocycles. The maximum atomic E-state index is 2.43. The van der Waals surface area contributed by atoms with E-state index >= 15 is 0 Å². The highest BCUT2D eigenvalue weighted by molar-refractivity contribution is 5.27. The van der Waals surface area contributed by atoms with E-state index in [0.717, 1.165) is 23.7 Å². The van der Waals surface area contributed by atoms with Crippen LogP contribution in [0.15, 0.2) is 30.3 Å². The molecule has 4 aliphatic carbocycles. The average molecular weight is 297 g/mol. The van der Waals surface area contributed by atoms with Gasteiger partial charge >= 0.3 is 0 Å². The fourth-order valence-corrected chi connectivity index (χ4v) is 6.56. The van der Waals surface area contributed by atoms with Gasteiger partial charge < -0.3 is 4.90 Å². The summed E-state index contributed by atoms with van der Waals surface area (Å²) in [6.45, 7) is 2.43. The molecule has 0 amide bonds. The summed E-state index contributed by atoms with van der Waals surface area (Å²) in [7, 11) is 4.51. The summed E-state index contributed by atoms with van der Waals surface area (Å²) in [6.07, 6.45) is 8.94. The minimum absolute atomic E-state index is 0.583. The summed E-state index contributed by atoms with van der Waals surface area (Å²) in [5.74, 6) is 3.85. The van der Waals surface area contributed by atoms with Crippen molar-refractivity contribution in [2.24, 2.45) is 23.2 Å². The van der Waals surface area contributed by atoms with Crippen molar-refractivity contribution >= 4 is 0 Å². The lowest BCUT2D eigenvalue weighted by Gasteiger charge is -2.62. The molecule has 0 radical (unpaired) electrons. The number of rotatable bonds is 4. The molecule has 0 aliphatic heterocycles. The number of benzene rings is 1. The zero-order valence-corrected chi connectivity index (χ0v) is 14.5. The minimum atomic E-state index is 0.583. The molecule has 0 N–H and O–H groups in total. The Bertz CT molecular complexity index is 506. The summed E-state index contributed by atoms with van der Waals surface area (Å²) >= 11 is 0. The highest BCUT2D eigenvalue weighted by atomic mass is 15.1. The molecule has 0 spiro atoms. The van der Waals surface area contributed by atoms with Crippen molar-refractivity contribution in [1.29, 1.82) is 0 Å². The average Bonchev–Trinajstić information content (AvgIpc) is 2.46. The van der Waals surface area contributed by atoms with Crippen LogP contribution in [0.3, 0.4) is 0 Å². The molecule has 1 aromatic carbocycles. The SMILES string of the molecule is CC(CC12CC3CC(CC(C3)C1c1ccccc1)C2)N(C)C. The van der Waals surface area contributed by atoms with Crippen LogP contribution >= 0.6 is 0 Å². The Morgan fingerprint density at radius 2 is 1.68 bits per heavy atom. The molecule has 22 heavy (non-hydrogen) atoms. The highest BCUT2D eigenvalue weighted by Crippen LogP contribution is 2.67. The van der Waals surface area contributed by atoms with Gasteiger partial charge in [-0.25, -0.2) is 0 Å². The maximum absolute atomic E-state index is 2.43. The number of hydrogen-bond donors (Lipinski definition) is 0. The van der Waals surface area contributed by atoms with Crippen LogP contribution in [0.2, 0.25) is 0 Å². The third-order valence-electron chi connectivity index (χ3n) is 7.20. The molecule has 5 rings (SSSR count). The lowest BCUT2D eigenvalue weighted by atomic mass is 9.43. The van der Waals surface area contributed by atoms with Crippen LogP contribution in [0.4, 0.5) is 0 Å². The first-order valence-electron chi connectivity index (χ1n) is 9.29. The van der Waals surface area contributed by atoms with Crippen molar-refractivity contribution in [1.82, 2.24) is 4.90 Å². The summed E-state index contributed by atoms with van der Waals surface area (Å²) in [4.78, 5) is 2.43. The van der Waals surface area contributed by atoms with E-state index in [1.165, 1.54) is 38.5 Å². The molecule has 4 saturated carbocycles. The lowest BCUT2D eigenvalue weighted by molar-refractivity contribution is -0.0881. The molecule has 4 atom stereocenters. The van der Waals surface area contributed by atoms with E-state index in [1.807, 2.05) is 0 Å². The predicted molar refractivity (Wildman–Crippen MR) is 92.9 cm³/mol. The fourth-order valence-electron chi connectivity index (χ4n) is 6.56. The summed E-state index contributed by atoms with van der Waals surface area (Å²) in [5.41, 5.74) is 2.22. The third kappa shape index (κ3) is 2.33. The van der Waals surface area contributed by atoms with Crippen LogP contribution in [-0.4, -0.2) is 25.0 Å². The molecular formula is C21H31N.